The first-order valence-corrected chi connectivity index (χ1v) is 12.9. The highest BCUT2D eigenvalue weighted by molar-refractivity contribution is 6.05. The molecular formula is C28H30FN3O4. The number of hydrogen-bond acceptors (Lipinski definition) is 5. The quantitative estimate of drug-likeness (QED) is 0.649. The van der Waals surface area contributed by atoms with Gasteiger partial charge >= 0.3 is 0 Å². The zero-order chi connectivity index (χ0) is 24.8. The van der Waals surface area contributed by atoms with Gasteiger partial charge in [0.1, 0.15) is 23.7 Å². The molecule has 1 saturated carbocycles. The third-order valence-corrected chi connectivity index (χ3v) is 8.17. The third kappa shape index (κ3) is 4.28. The van der Waals surface area contributed by atoms with Gasteiger partial charge < -0.3 is 9.64 Å². The summed E-state index contributed by atoms with van der Waals surface area (Å²) in [6.07, 6.45) is 5.06. The average molecular weight is 492 g/mol. The number of benzene rings is 2. The largest absolute Gasteiger partial charge is 0.489 e. The van der Waals surface area contributed by atoms with Crippen LogP contribution in [0.15, 0.2) is 42.5 Å². The molecule has 3 aliphatic heterocycles. The lowest BCUT2D eigenvalue weighted by Gasteiger charge is -2.48. The Morgan fingerprint density at radius 3 is 2.50 bits per heavy atom. The fourth-order valence-electron chi connectivity index (χ4n) is 6.16. The summed E-state index contributed by atoms with van der Waals surface area (Å²) < 4.78 is 19.8. The fourth-order valence-corrected chi connectivity index (χ4v) is 6.16. The number of nitrogens with zero attached hydrogens (tertiary/aromatic N) is 2. The molecule has 3 heterocycles. The minimum absolute atomic E-state index is 0.0781. The van der Waals surface area contributed by atoms with Gasteiger partial charge in [-0.1, -0.05) is 18.6 Å². The molecule has 6 rings (SSSR count). The molecule has 188 valence electrons. The lowest BCUT2D eigenvalue weighted by molar-refractivity contribution is -0.136. The van der Waals surface area contributed by atoms with E-state index in [0.717, 1.165) is 43.7 Å². The van der Waals surface area contributed by atoms with Crippen molar-refractivity contribution in [2.24, 2.45) is 0 Å². The number of imide groups is 1. The lowest BCUT2D eigenvalue weighted by Crippen LogP contribution is -2.57. The van der Waals surface area contributed by atoms with E-state index in [-0.39, 0.29) is 30.2 Å². The van der Waals surface area contributed by atoms with Gasteiger partial charge in [0.15, 0.2) is 0 Å². The van der Waals surface area contributed by atoms with Gasteiger partial charge in [-0.2, -0.15) is 0 Å². The maximum Gasteiger partial charge on any atom is 0.255 e. The molecule has 2 saturated heterocycles. The second-order valence-electron chi connectivity index (χ2n) is 10.4. The van der Waals surface area contributed by atoms with Crippen LogP contribution in [-0.2, 0) is 16.1 Å². The molecule has 3 atom stereocenters. The Balaban J connectivity index is 1.11. The molecule has 1 aliphatic carbocycles. The minimum Gasteiger partial charge on any atom is -0.489 e. The van der Waals surface area contributed by atoms with Crippen LogP contribution in [0.1, 0.15) is 65.9 Å². The number of rotatable bonds is 5. The van der Waals surface area contributed by atoms with E-state index in [4.69, 9.17) is 4.74 Å². The topological polar surface area (TPSA) is 79.0 Å². The number of nitrogens with one attached hydrogen (secondary N) is 1. The van der Waals surface area contributed by atoms with Crippen molar-refractivity contribution >= 4 is 17.7 Å². The second-order valence-corrected chi connectivity index (χ2v) is 10.4. The fraction of sp³-hybridized carbons (Fsp3) is 0.464. The number of carbonyl (C=O) groups excluding carboxylic acids is 3. The number of hydrogen-bond donors (Lipinski definition) is 1. The summed E-state index contributed by atoms with van der Waals surface area (Å²) in [4.78, 5) is 40.8. The molecule has 2 aromatic rings. The summed E-state index contributed by atoms with van der Waals surface area (Å²) in [6, 6.07) is 12.1. The van der Waals surface area contributed by atoms with Crippen molar-refractivity contribution in [1.82, 2.24) is 15.1 Å². The van der Waals surface area contributed by atoms with Crippen molar-refractivity contribution < 1.29 is 23.5 Å². The Morgan fingerprint density at radius 2 is 1.72 bits per heavy atom. The molecule has 8 heteroatoms. The van der Waals surface area contributed by atoms with Gasteiger partial charge in [-0.3, -0.25) is 24.6 Å². The van der Waals surface area contributed by atoms with Gasteiger partial charge in [-0.25, -0.2) is 4.39 Å². The van der Waals surface area contributed by atoms with Crippen LogP contribution >= 0.6 is 0 Å². The smallest absolute Gasteiger partial charge is 0.255 e. The molecule has 2 aromatic carbocycles. The highest BCUT2D eigenvalue weighted by atomic mass is 19.1. The van der Waals surface area contributed by atoms with Crippen molar-refractivity contribution in [3.05, 3.63) is 65.0 Å². The molecule has 3 fully saturated rings. The van der Waals surface area contributed by atoms with Crippen molar-refractivity contribution in [2.75, 3.05) is 13.1 Å². The molecule has 7 nitrogen and oxygen atoms in total. The molecule has 0 spiro atoms. The molecule has 36 heavy (non-hydrogen) atoms. The van der Waals surface area contributed by atoms with E-state index in [1.54, 1.807) is 11.0 Å². The van der Waals surface area contributed by atoms with Crippen LogP contribution in [0, 0.1) is 5.82 Å². The minimum atomic E-state index is -0.616. The van der Waals surface area contributed by atoms with E-state index < -0.39 is 11.9 Å². The summed E-state index contributed by atoms with van der Waals surface area (Å²) in [7, 11) is 0. The lowest BCUT2D eigenvalue weighted by atomic mass is 9.84. The standard InChI is InChI=1S/C28H30FN3O4/c29-20-7-5-17(6-8-20)19-14-31(15-19)23-3-1-2-4-25(23)36-21-9-10-22-18(13-21)16-32(28(22)35)24-11-12-26(33)30-27(24)34/h5-10,13,19,23-25H,1-4,11-12,14-16H2,(H,30,33,34)/t23-,24?,25-/m1/s1. The first-order chi connectivity index (χ1) is 17.5. The maximum atomic E-state index is 13.3. The first-order valence-electron chi connectivity index (χ1n) is 12.9. The van der Waals surface area contributed by atoms with E-state index in [1.807, 2.05) is 24.3 Å². The Morgan fingerprint density at radius 1 is 0.944 bits per heavy atom. The molecule has 4 aliphatic rings. The zero-order valence-corrected chi connectivity index (χ0v) is 20.1. The number of piperidine rings is 1. The Kier molecular flexibility index (Phi) is 5.99. The van der Waals surface area contributed by atoms with E-state index in [1.165, 1.54) is 24.1 Å². The van der Waals surface area contributed by atoms with Crippen LogP contribution in [0.25, 0.3) is 0 Å². The van der Waals surface area contributed by atoms with Crippen molar-refractivity contribution in [1.29, 1.82) is 0 Å². The van der Waals surface area contributed by atoms with Gasteiger partial charge in [0.25, 0.3) is 5.91 Å². The highest BCUT2D eigenvalue weighted by Gasteiger charge is 2.41. The molecule has 1 N–H and O–H groups in total. The number of likely N-dealkylation sites (tertiary alicyclic amines) is 1. The van der Waals surface area contributed by atoms with Crippen molar-refractivity contribution in [3.63, 3.8) is 0 Å². The third-order valence-electron chi connectivity index (χ3n) is 8.17. The van der Waals surface area contributed by atoms with E-state index in [0.29, 0.717) is 30.5 Å². The van der Waals surface area contributed by atoms with Crippen LogP contribution < -0.4 is 10.1 Å². The van der Waals surface area contributed by atoms with Crippen LogP contribution in [0.5, 0.6) is 5.75 Å². The average Bonchev–Trinajstić information content (AvgIpc) is 3.16. The van der Waals surface area contributed by atoms with Crippen molar-refractivity contribution in [2.45, 2.75) is 69.2 Å². The number of halogens is 1. The second kappa shape index (κ2) is 9.32. The summed E-state index contributed by atoms with van der Waals surface area (Å²) in [6.45, 7) is 2.25. The van der Waals surface area contributed by atoms with E-state index in [9.17, 15) is 18.8 Å². The van der Waals surface area contributed by atoms with Gasteiger partial charge in [-0.15, -0.1) is 0 Å². The van der Waals surface area contributed by atoms with Gasteiger partial charge in [-0.05, 0) is 67.1 Å². The van der Waals surface area contributed by atoms with Crippen LogP contribution in [-0.4, -0.2) is 58.8 Å². The number of amides is 3. The Hall–Kier alpha value is -3.26. The summed E-state index contributed by atoms with van der Waals surface area (Å²) in [5.41, 5.74) is 2.64. The molecular weight excluding hydrogens is 461 g/mol. The summed E-state index contributed by atoms with van der Waals surface area (Å²) in [5, 5.41) is 2.34. The molecule has 0 radical (unpaired) electrons. The molecule has 1 unspecified atom stereocenters. The SMILES string of the molecule is O=C1CCC(N2Cc3cc(O[C@@H]4CCCC[C@H]4N4CC(c5ccc(F)cc5)C4)ccc3C2=O)C(=O)N1. The van der Waals surface area contributed by atoms with Gasteiger partial charge in [0.05, 0.1) is 0 Å². The number of fused-ring (bicyclic) bond motifs is 1. The predicted molar refractivity (Wildman–Crippen MR) is 130 cm³/mol. The van der Waals surface area contributed by atoms with Crippen LogP contribution in [0.2, 0.25) is 0 Å². The van der Waals surface area contributed by atoms with E-state index >= 15 is 0 Å². The summed E-state index contributed by atoms with van der Waals surface area (Å²) in [5.74, 6) is 0.115. The van der Waals surface area contributed by atoms with E-state index in [2.05, 4.69) is 10.2 Å². The Bertz CT molecular complexity index is 1190. The van der Waals surface area contributed by atoms with Crippen LogP contribution in [0.3, 0.4) is 0 Å². The number of ether oxygens (including phenoxy) is 1. The monoisotopic (exact) mass is 491 g/mol. The number of carbonyl (C=O) groups is 3. The maximum absolute atomic E-state index is 13.3. The van der Waals surface area contributed by atoms with Gasteiger partial charge in [0.2, 0.25) is 11.8 Å². The van der Waals surface area contributed by atoms with Crippen LogP contribution in [0.4, 0.5) is 4.39 Å². The van der Waals surface area contributed by atoms with Crippen molar-refractivity contribution in [3.8, 4) is 5.75 Å². The molecule has 0 bridgehead atoms. The van der Waals surface area contributed by atoms with Gasteiger partial charge in [0, 0.05) is 43.6 Å². The molecule has 3 amide bonds. The first kappa shape index (κ1) is 23.2. The predicted octanol–water partition coefficient (Wildman–Crippen LogP) is 3.38. The summed E-state index contributed by atoms with van der Waals surface area (Å²) >= 11 is 0. The Labute approximate surface area is 209 Å². The zero-order valence-electron chi connectivity index (χ0n) is 20.1. The highest BCUT2D eigenvalue weighted by Crippen LogP contribution is 2.36. The molecule has 0 aromatic heterocycles. The normalized spacial score (nSPS) is 27.0.